The molecule has 1 unspecified atom stereocenters. The van der Waals surface area contributed by atoms with Crippen molar-refractivity contribution < 1.29 is 13.5 Å². The van der Waals surface area contributed by atoms with Gasteiger partial charge in [-0.1, -0.05) is 36.4 Å². The number of aliphatic hydroxyl groups excluding tert-OH is 1. The molecule has 6 nitrogen and oxygen atoms in total. The summed E-state index contributed by atoms with van der Waals surface area (Å²) < 4.78 is 25.7. The van der Waals surface area contributed by atoms with Crippen LogP contribution in [0.25, 0.3) is 10.1 Å². The van der Waals surface area contributed by atoms with Crippen LogP contribution in [0.5, 0.6) is 0 Å². The second kappa shape index (κ2) is 9.18. The lowest BCUT2D eigenvalue weighted by atomic mass is 10.2. The molecule has 0 aliphatic heterocycles. The summed E-state index contributed by atoms with van der Waals surface area (Å²) in [4.78, 5) is 5.26. The number of rotatable bonds is 7. The highest BCUT2D eigenvalue weighted by atomic mass is 32.2. The van der Waals surface area contributed by atoms with E-state index in [1.165, 1.54) is 0 Å². The van der Waals surface area contributed by atoms with E-state index in [9.17, 15) is 13.5 Å². The third-order valence-electron chi connectivity index (χ3n) is 4.23. The molecule has 3 aromatic rings. The van der Waals surface area contributed by atoms with Crippen LogP contribution in [-0.4, -0.2) is 45.4 Å². The molecule has 0 aliphatic carbocycles. The van der Waals surface area contributed by atoms with E-state index < -0.39 is 15.9 Å². The second-order valence-electron chi connectivity index (χ2n) is 6.21. The summed E-state index contributed by atoms with van der Waals surface area (Å²) in [5.41, 5.74) is 0. The molecule has 1 heterocycles. The molecule has 0 bridgehead atoms. The summed E-state index contributed by atoms with van der Waals surface area (Å²) in [6.45, 7) is 0.494. The van der Waals surface area contributed by atoms with Crippen LogP contribution in [-0.2, 0) is 9.84 Å². The number of aliphatic imine (C=N–C) groups is 1. The van der Waals surface area contributed by atoms with Crippen LogP contribution < -0.4 is 10.6 Å². The Morgan fingerprint density at radius 2 is 1.82 bits per heavy atom. The van der Waals surface area contributed by atoms with Gasteiger partial charge in [-0.15, -0.1) is 11.3 Å². The smallest absolute Gasteiger partial charge is 0.191 e. The van der Waals surface area contributed by atoms with Crippen LogP contribution in [0.2, 0.25) is 0 Å². The predicted octanol–water partition coefficient (Wildman–Crippen LogP) is 2.57. The average Bonchev–Trinajstić information content (AvgIpc) is 3.15. The molecular weight excluding hydrogens is 394 g/mol. The van der Waals surface area contributed by atoms with Gasteiger partial charge in [0.25, 0.3) is 0 Å². The van der Waals surface area contributed by atoms with Crippen molar-refractivity contribution in [2.45, 2.75) is 11.0 Å². The first-order valence-electron chi connectivity index (χ1n) is 8.88. The van der Waals surface area contributed by atoms with Gasteiger partial charge in [-0.05, 0) is 29.7 Å². The molecule has 0 radical (unpaired) electrons. The van der Waals surface area contributed by atoms with E-state index in [0.29, 0.717) is 10.9 Å². The highest BCUT2D eigenvalue weighted by Crippen LogP contribution is 2.29. The maximum absolute atomic E-state index is 12.3. The molecular formula is C20H23N3O3S2. The quantitative estimate of drug-likeness (QED) is 0.406. The molecule has 0 fully saturated rings. The third kappa shape index (κ3) is 5.09. The number of nitrogens with one attached hydrogen (secondary N) is 2. The third-order valence-corrected chi connectivity index (χ3v) is 7.17. The Kier molecular flexibility index (Phi) is 6.66. The normalized spacial score (nSPS) is 13.4. The first kappa shape index (κ1) is 20.3. The number of aliphatic hydroxyl groups is 1. The fraction of sp³-hybridized carbons (Fsp3) is 0.250. The molecule has 28 heavy (non-hydrogen) atoms. The zero-order valence-electron chi connectivity index (χ0n) is 15.5. The van der Waals surface area contributed by atoms with E-state index in [1.54, 1.807) is 48.7 Å². The van der Waals surface area contributed by atoms with Crippen molar-refractivity contribution in [2.24, 2.45) is 4.99 Å². The van der Waals surface area contributed by atoms with Crippen molar-refractivity contribution in [3.05, 3.63) is 65.5 Å². The van der Waals surface area contributed by atoms with Gasteiger partial charge in [0.15, 0.2) is 15.8 Å². The number of hydrogen-bond donors (Lipinski definition) is 3. The van der Waals surface area contributed by atoms with Gasteiger partial charge in [0.1, 0.15) is 6.10 Å². The number of hydrogen-bond acceptors (Lipinski definition) is 5. The lowest BCUT2D eigenvalue weighted by molar-refractivity contribution is 0.184. The van der Waals surface area contributed by atoms with Gasteiger partial charge in [0.05, 0.1) is 10.6 Å². The van der Waals surface area contributed by atoms with Crippen LogP contribution in [0.15, 0.2) is 70.6 Å². The molecule has 0 amide bonds. The molecule has 0 saturated heterocycles. The molecule has 8 heteroatoms. The number of fused-ring (bicyclic) bond motifs is 1. The zero-order chi connectivity index (χ0) is 20.0. The maximum Gasteiger partial charge on any atom is 0.191 e. The monoisotopic (exact) mass is 417 g/mol. The highest BCUT2D eigenvalue weighted by Gasteiger charge is 2.15. The molecule has 148 valence electrons. The summed E-state index contributed by atoms with van der Waals surface area (Å²) in [7, 11) is -1.74. The first-order chi connectivity index (χ1) is 13.5. The highest BCUT2D eigenvalue weighted by molar-refractivity contribution is 7.91. The van der Waals surface area contributed by atoms with E-state index in [1.807, 2.05) is 30.3 Å². The largest absolute Gasteiger partial charge is 0.386 e. The molecule has 1 atom stereocenters. The van der Waals surface area contributed by atoms with Crippen molar-refractivity contribution >= 4 is 37.2 Å². The number of guanidine groups is 1. The Labute approximate surface area is 168 Å². The van der Waals surface area contributed by atoms with E-state index in [0.717, 1.165) is 15.0 Å². The molecule has 1 aromatic heterocycles. The first-order valence-corrected chi connectivity index (χ1v) is 11.4. The Morgan fingerprint density at radius 3 is 2.54 bits per heavy atom. The Balaban J connectivity index is 1.50. The van der Waals surface area contributed by atoms with Crippen molar-refractivity contribution in [3.8, 4) is 0 Å². The van der Waals surface area contributed by atoms with Crippen LogP contribution in [0.1, 0.15) is 11.0 Å². The van der Waals surface area contributed by atoms with Gasteiger partial charge in [-0.2, -0.15) is 0 Å². The number of benzene rings is 2. The van der Waals surface area contributed by atoms with E-state index >= 15 is 0 Å². The molecule has 3 N–H and O–H groups in total. The average molecular weight is 418 g/mol. The Bertz CT molecular complexity index is 1010. The Hall–Kier alpha value is -2.42. The summed E-state index contributed by atoms with van der Waals surface area (Å²) >= 11 is 1.55. The minimum atomic E-state index is -3.35. The number of nitrogens with zero attached hydrogens (tertiary/aromatic N) is 1. The predicted molar refractivity (Wildman–Crippen MR) is 115 cm³/mol. The van der Waals surface area contributed by atoms with Gasteiger partial charge in [0.2, 0.25) is 0 Å². The van der Waals surface area contributed by atoms with E-state index in [-0.39, 0.29) is 18.8 Å². The minimum absolute atomic E-state index is 0.0451. The molecule has 2 aromatic carbocycles. The topological polar surface area (TPSA) is 90.8 Å². The number of thiophene rings is 1. The summed E-state index contributed by atoms with van der Waals surface area (Å²) in [5.74, 6) is 0.403. The lowest BCUT2D eigenvalue weighted by Gasteiger charge is -2.14. The lowest BCUT2D eigenvalue weighted by Crippen LogP contribution is -2.41. The van der Waals surface area contributed by atoms with Crippen molar-refractivity contribution in [2.75, 3.05) is 25.9 Å². The maximum atomic E-state index is 12.3. The number of sulfone groups is 1. The van der Waals surface area contributed by atoms with Gasteiger partial charge in [-0.25, -0.2) is 8.42 Å². The molecule has 0 spiro atoms. The standard InChI is InChI=1S/C20H23N3O3S2/c1-21-20(22-11-12-28(25,26)16-8-3-2-4-9-16)23-14-17(24)19-13-15-7-5-6-10-18(15)27-19/h2-10,13,17,24H,11-12,14H2,1H3,(H2,21,22,23). The fourth-order valence-corrected chi connectivity index (χ4v) is 4.96. The summed E-state index contributed by atoms with van der Waals surface area (Å²) in [6, 6.07) is 18.3. The van der Waals surface area contributed by atoms with E-state index in [2.05, 4.69) is 15.6 Å². The van der Waals surface area contributed by atoms with Crippen LogP contribution in [0.4, 0.5) is 0 Å². The summed E-state index contributed by atoms with van der Waals surface area (Å²) in [5, 5.41) is 17.6. The van der Waals surface area contributed by atoms with Crippen molar-refractivity contribution in [1.29, 1.82) is 0 Å². The molecule has 0 saturated carbocycles. The Morgan fingerprint density at radius 1 is 1.11 bits per heavy atom. The SMILES string of the molecule is CN=C(NCCS(=O)(=O)c1ccccc1)NCC(O)c1cc2ccccc2s1. The van der Waals surface area contributed by atoms with Crippen molar-refractivity contribution in [1.82, 2.24) is 10.6 Å². The molecule has 0 aliphatic rings. The molecule has 3 rings (SSSR count). The van der Waals surface area contributed by atoms with Gasteiger partial charge in [-0.3, -0.25) is 4.99 Å². The van der Waals surface area contributed by atoms with Gasteiger partial charge < -0.3 is 15.7 Å². The van der Waals surface area contributed by atoms with Gasteiger partial charge in [0, 0.05) is 29.7 Å². The fourth-order valence-electron chi connectivity index (χ4n) is 2.73. The van der Waals surface area contributed by atoms with Crippen LogP contribution in [0, 0.1) is 0 Å². The zero-order valence-corrected chi connectivity index (χ0v) is 17.1. The van der Waals surface area contributed by atoms with Crippen LogP contribution in [0.3, 0.4) is 0 Å². The van der Waals surface area contributed by atoms with E-state index in [4.69, 9.17) is 0 Å². The van der Waals surface area contributed by atoms with Crippen molar-refractivity contribution in [3.63, 3.8) is 0 Å². The minimum Gasteiger partial charge on any atom is -0.386 e. The summed E-state index contributed by atoms with van der Waals surface area (Å²) in [6.07, 6.45) is -0.677. The van der Waals surface area contributed by atoms with Crippen LogP contribution >= 0.6 is 11.3 Å². The van der Waals surface area contributed by atoms with Gasteiger partial charge >= 0.3 is 0 Å². The second-order valence-corrected chi connectivity index (χ2v) is 9.44.